The summed E-state index contributed by atoms with van der Waals surface area (Å²) in [6, 6.07) is 7.63. The largest absolute Gasteiger partial charge is 0.452 e. The quantitative estimate of drug-likeness (QED) is 0.735. The Morgan fingerprint density at radius 3 is 2.32 bits per heavy atom. The van der Waals surface area contributed by atoms with Crippen LogP contribution in [0, 0.1) is 0 Å². The number of carbonyl (C=O) groups is 2. The SMILES string of the molecule is CCC(CC)NC(=O)COC(=O)c1ccc(CN2CCCCC2)cc1. The molecule has 1 amide bonds. The number of likely N-dealkylation sites (tertiary alicyclic amines) is 1. The second-order valence-corrected chi connectivity index (χ2v) is 6.69. The maximum Gasteiger partial charge on any atom is 0.338 e. The molecule has 1 N–H and O–H groups in total. The number of carbonyl (C=O) groups excluding carboxylic acids is 2. The number of hydrogen-bond acceptors (Lipinski definition) is 4. The zero-order valence-corrected chi connectivity index (χ0v) is 15.4. The zero-order chi connectivity index (χ0) is 18.1. The molecule has 2 rings (SSSR count). The first-order chi connectivity index (χ1) is 12.1. The van der Waals surface area contributed by atoms with Gasteiger partial charge in [-0.25, -0.2) is 4.79 Å². The predicted molar refractivity (Wildman–Crippen MR) is 98.4 cm³/mol. The molecule has 5 nitrogen and oxygen atoms in total. The monoisotopic (exact) mass is 346 g/mol. The Morgan fingerprint density at radius 2 is 1.72 bits per heavy atom. The smallest absolute Gasteiger partial charge is 0.338 e. The molecule has 0 unspecified atom stereocenters. The van der Waals surface area contributed by atoms with Gasteiger partial charge >= 0.3 is 5.97 Å². The summed E-state index contributed by atoms with van der Waals surface area (Å²) in [6.07, 6.45) is 5.60. The minimum Gasteiger partial charge on any atom is -0.452 e. The van der Waals surface area contributed by atoms with Crippen molar-refractivity contribution < 1.29 is 14.3 Å². The summed E-state index contributed by atoms with van der Waals surface area (Å²) in [5, 5.41) is 2.86. The molecule has 1 heterocycles. The van der Waals surface area contributed by atoms with E-state index in [-0.39, 0.29) is 18.6 Å². The van der Waals surface area contributed by atoms with E-state index in [1.807, 2.05) is 26.0 Å². The van der Waals surface area contributed by atoms with Crippen LogP contribution in [-0.2, 0) is 16.1 Å². The van der Waals surface area contributed by atoms with Crippen LogP contribution >= 0.6 is 0 Å². The number of nitrogens with one attached hydrogen (secondary N) is 1. The van der Waals surface area contributed by atoms with E-state index in [0.717, 1.165) is 32.5 Å². The lowest BCUT2D eigenvalue weighted by molar-refractivity contribution is -0.125. The molecule has 1 saturated heterocycles. The van der Waals surface area contributed by atoms with Gasteiger partial charge in [-0.1, -0.05) is 32.4 Å². The lowest BCUT2D eigenvalue weighted by Crippen LogP contribution is -2.36. The third-order valence-corrected chi connectivity index (χ3v) is 4.73. The van der Waals surface area contributed by atoms with Gasteiger partial charge in [0.1, 0.15) is 0 Å². The van der Waals surface area contributed by atoms with Crippen LogP contribution in [0.25, 0.3) is 0 Å². The Kier molecular flexibility index (Phi) is 7.92. The number of ether oxygens (including phenoxy) is 1. The zero-order valence-electron chi connectivity index (χ0n) is 15.4. The molecule has 25 heavy (non-hydrogen) atoms. The molecule has 0 aliphatic carbocycles. The summed E-state index contributed by atoms with van der Waals surface area (Å²) in [5.74, 6) is -0.701. The maximum absolute atomic E-state index is 12.1. The molecule has 0 radical (unpaired) electrons. The van der Waals surface area contributed by atoms with Crippen LogP contribution < -0.4 is 5.32 Å². The first kappa shape index (κ1) is 19.4. The Morgan fingerprint density at radius 1 is 1.08 bits per heavy atom. The highest BCUT2D eigenvalue weighted by molar-refractivity contribution is 5.91. The number of rotatable bonds is 8. The van der Waals surface area contributed by atoms with Gasteiger partial charge in [0.15, 0.2) is 6.61 Å². The summed E-state index contributed by atoms with van der Waals surface area (Å²) in [6.45, 7) is 7.03. The van der Waals surface area contributed by atoms with Gasteiger partial charge in [0.2, 0.25) is 0 Å². The molecular formula is C20H30N2O3. The van der Waals surface area contributed by atoms with E-state index in [9.17, 15) is 9.59 Å². The van der Waals surface area contributed by atoms with E-state index in [1.165, 1.54) is 24.8 Å². The van der Waals surface area contributed by atoms with Gasteiger partial charge in [0.05, 0.1) is 5.56 Å². The highest BCUT2D eigenvalue weighted by Gasteiger charge is 2.14. The van der Waals surface area contributed by atoms with E-state index in [4.69, 9.17) is 4.74 Å². The average Bonchev–Trinajstić information content (AvgIpc) is 2.65. The topological polar surface area (TPSA) is 58.6 Å². The summed E-state index contributed by atoms with van der Waals surface area (Å²) in [4.78, 5) is 26.3. The Hall–Kier alpha value is -1.88. The van der Waals surface area contributed by atoms with Crippen LogP contribution in [0.1, 0.15) is 61.9 Å². The van der Waals surface area contributed by atoms with Crippen molar-refractivity contribution in [2.24, 2.45) is 0 Å². The van der Waals surface area contributed by atoms with Crippen molar-refractivity contribution in [2.75, 3.05) is 19.7 Å². The molecule has 5 heteroatoms. The highest BCUT2D eigenvalue weighted by atomic mass is 16.5. The van der Waals surface area contributed by atoms with E-state index in [0.29, 0.717) is 5.56 Å². The van der Waals surface area contributed by atoms with Crippen molar-refractivity contribution in [3.05, 3.63) is 35.4 Å². The normalized spacial score (nSPS) is 15.2. The number of hydrogen-bond donors (Lipinski definition) is 1. The number of piperidine rings is 1. The average molecular weight is 346 g/mol. The molecule has 1 aliphatic heterocycles. The first-order valence-electron chi connectivity index (χ1n) is 9.40. The Labute approximate surface area is 150 Å². The van der Waals surface area contributed by atoms with Gasteiger partial charge in [-0.3, -0.25) is 9.69 Å². The molecule has 0 bridgehead atoms. The highest BCUT2D eigenvalue weighted by Crippen LogP contribution is 2.14. The standard InChI is InChI=1S/C20H30N2O3/c1-3-18(4-2)21-19(23)15-25-20(24)17-10-8-16(9-11-17)14-22-12-6-5-7-13-22/h8-11,18H,3-7,12-15H2,1-2H3,(H,21,23). The molecule has 1 fully saturated rings. The third-order valence-electron chi connectivity index (χ3n) is 4.73. The van der Waals surface area contributed by atoms with E-state index >= 15 is 0 Å². The molecular weight excluding hydrogens is 316 g/mol. The summed E-state index contributed by atoms with van der Waals surface area (Å²) < 4.78 is 5.11. The second kappa shape index (κ2) is 10.2. The molecule has 0 spiro atoms. The van der Waals surface area contributed by atoms with Crippen molar-refractivity contribution in [3.8, 4) is 0 Å². The van der Waals surface area contributed by atoms with Crippen LogP contribution in [0.4, 0.5) is 0 Å². The molecule has 0 aromatic heterocycles. The van der Waals surface area contributed by atoms with Crippen LogP contribution in [0.15, 0.2) is 24.3 Å². The van der Waals surface area contributed by atoms with Crippen molar-refractivity contribution in [1.82, 2.24) is 10.2 Å². The second-order valence-electron chi connectivity index (χ2n) is 6.69. The Bertz CT molecular complexity index is 547. The van der Waals surface area contributed by atoms with Gasteiger partial charge in [-0.2, -0.15) is 0 Å². The molecule has 1 aromatic rings. The maximum atomic E-state index is 12.1. The minimum atomic E-state index is -0.454. The molecule has 1 aromatic carbocycles. The van der Waals surface area contributed by atoms with Gasteiger partial charge in [-0.05, 0) is 56.5 Å². The van der Waals surface area contributed by atoms with E-state index in [1.54, 1.807) is 12.1 Å². The van der Waals surface area contributed by atoms with Crippen LogP contribution in [-0.4, -0.2) is 42.5 Å². The fourth-order valence-corrected chi connectivity index (χ4v) is 3.10. The third kappa shape index (κ3) is 6.50. The number of amides is 1. The number of benzene rings is 1. The van der Waals surface area contributed by atoms with E-state index < -0.39 is 5.97 Å². The van der Waals surface area contributed by atoms with Gasteiger partial charge < -0.3 is 10.1 Å². The lowest BCUT2D eigenvalue weighted by atomic mass is 10.1. The van der Waals surface area contributed by atoms with Crippen LogP contribution in [0.3, 0.4) is 0 Å². The van der Waals surface area contributed by atoms with Gasteiger partial charge in [-0.15, -0.1) is 0 Å². The number of esters is 1. The van der Waals surface area contributed by atoms with Crippen molar-refractivity contribution in [1.29, 1.82) is 0 Å². The Balaban J connectivity index is 1.78. The molecule has 0 atom stereocenters. The first-order valence-corrected chi connectivity index (χ1v) is 9.40. The van der Waals surface area contributed by atoms with E-state index in [2.05, 4.69) is 10.2 Å². The molecule has 0 saturated carbocycles. The van der Waals surface area contributed by atoms with Crippen LogP contribution in [0.2, 0.25) is 0 Å². The fourth-order valence-electron chi connectivity index (χ4n) is 3.10. The summed E-state index contributed by atoms with van der Waals surface area (Å²) in [5.41, 5.74) is 1.68. The van der Waals surface area contributed by atoms with Crippen molar-refractivity contribution >= 4 is 11.9 Å². The number of nitrogens with zero attached hydrogens (tertiary/aromatic N) is 1. The minimum absolute atomic E-state index is 0.139. The summed E-state index contributed by atoms with van der Waals surface area (Å²) in [7, 11) is 0. The lowest BCUT2D eigenvalue weighted by Gasteiger charge is -2.26. The van der Waals surface area contributed by atoms with Gasteiger partial charge in [0, 0.05) is 12.6 Å². The van der Waals surface area contributed by atoms with Crippen LogP contribution in [0.5, 0.6) is 0 Å². The predicted octanol–water partition coefficient (Wildman–Crippen LogP) is 3.13. The van der Waals surface area contributed by atoms with Crippen molar-refractivity contribution in [3.63, 3.8) is 0 Å². The van der Waals surface area contributed by atoms with Gasteiger partial charge in [0.25, 0.3) is 5.91 Å². The summed E-state index contributed by atoms with van der Waals surface area (Å²) >= 11 is 0. The van der Waals surface area contributed by atoms with Crippen molar-refractivity contribution in [2.45, 2.75) is 58.5 Å². The molecule has 138 valence electrons. The fraction of sp³-hybridized carbons (Fsp3) is 0.600. The molecule has 1 aliphatic rings.